The van der Waals surface area contributed by atoms with Gasteiger partial charge in [-0.3, -0.25) is 10.1 Å². The summed E-state index contributed by atoms with van der Waals surface area (Å²) in [6.45, 7) is 5.16. The van der Waals surface area contributed by atoms with E-state index >= 15 is 0 Å². The fourth-order valence-corrected chi connectivity index (χ4v) is 1.87. The van der Waals surface area contributed by atoms with Crippen molar-refractivity contribution in [3.8, 4) is 0 Å². The number of para-hydroxylation sites is 1. The minimum atomic E-state index is -0.222. The predicted octanol–water partition coefficient (Wildman–Crippen LogP) is 2.86. The first kappa shape index (κ1) is 16.5. The third kappa shape index (κ3) is 4.25. The van der Waals surface area contributed by atoms with E-state index < -0.39 is 0 Å². The molecule has 4 nitrogen and oxygen atoms in total. The molecule has 2 rings (SSSR count). The van der Waals surface area contributed by atoms with E-state index in [9.17, 15) is 4.79 Å². The van der Waals surface area contributed by atoms with Gasteiger partial charge in [0.15, 0.2) is 0 Å². The average molecular weight is 297 g/mol. The molecule has 1 atom stereocenters. The van der Waals surface area contributed by atoms with Crippen LogP contribution in [0.4, 0.5) is 0 Å². The molecule has 20 heavy (non-hydrogen) atoms. The number of halogens is 1. The quantitative estimate of drug-likeness (QED) is 0.862. The van der Waals surface area contributed by atoms with Crippen LogP contribution >= 0.6 is 12.4 Å². The van der Waals surface area contributed by atoms with Gasteiger partial charge in [-0.1, -0.05) is 25.1 Å². The van der Waals surface area contributed by atoms with Crippen LogP contribution in [0.2, 0.25) is 0 Å². The third-order valence-electron chi connectivity index (χ3n) is 3.00. The fourth-order valence-electron chi connectivity index (χ4n) is 1.87. The largest absolute Gasteiger partial charge is 0.460 e. The molecule has 2 aromatic rings. The number of furan rings is 1. The Bertz CT molecular complexity index is 521. The van der Waals surface area contributed by atoms with Crippen molar-refractivity contribution in [3.05, 3.63) is 36.1 Å². The Morgan fingerprint density at radius 3 is 2.80 bits per heavy atom. The van der Waals surface area contributed by atoms with Crippen LogP contribution in [0, 0.1) is 0 Å². The molecule has 110 valence electrons. The van der Waals surface area contributed by atoms with Crippen molar-refractivity contribution in [1.82, 2.24) is 10.6 Å². The summed E-state index contributed by atoms with van der Waals surface area (Å²) in [5.74, 6) is 0.870. The number of amides is 1. The number of nitrogens with one attached hydrogen (secondary N) is 2. The van der Waals surface area contributed by atoms with Crippen molar-refractivity contribution in [2.75, 3.05) is 6.54 Å². The van der Waals surface area contributed by atoms with Gasteiger partial charge in [-0.05, 0) is 25.5 Å². The van der Waals surface area contributed by atoms with Crippen molar-refractivity contribution in [3.63, 3.8) is 0 Å². The van der Waals surface area contributed by atoms with Gasteiger partial charge in [0.2, 0.25) is 5.91 Å². The van der Waals surface area contributed by atoms with Gasteiger partial charge in [0.1, 0.15) is 11.3 Å². The zero-order chi connectivity index (χ0) is 13.7. The number of hydrogen-bond donors (Lipinski definition) is 2. The lowest BCUT2D eigenvalue weighted by Gasteiger charge is -2.12. The summed E-state index contributed by atoms with van der Waals surface area (Å²) in [6.07, 6.45) is 0.946. The van der Waals surface area contributed by atoms with E-state index in [0.29, 0.717) is 6.54 Å². The highest BCUT2D eigenvalue weighted by Gasteiger charge is 2.12. The third-order valence-corrected chi connectivity index (χ3v) is 3.00. The summed E-state index contributed by atoms with van der Waals surface area (Å²) in [5.41, 5.74) is 0.877. The molecular formula is C15H21ClN2O2. The maximum absolute atomic E-state index is 11.7. The van der Waals surface area contributed by atoms with Gasteiger partial charge in [0, 0.05) is 11.9 Å². The summed E-state index contributed by atoms with van der Waals surface area (Å²) in [7, 11) is 0. The molecule has 0 bridgehead atoms. The summed E-state index contributed by atoms with van der Waals surface area (Å²) in [4.78, 5) is 11.7. The molecule has 0 aliphatic heterocycles. The normalized spacial score (nSPS) is 11.9. The van der Waals surface area contributed by atoms with Crippen molar-refractivity contribution in [1.29, 1.82) is 0 Å². The van der Waals surface area contributed by atoms with Crippen LogP contribution in [-0.2, 0) is 11.3 Å². The molecule has 1 aromatic heterocycles. The standard InChI is InChI=1S/C15H20N2O2.ClH/c1-3-8-16-15(18)11(2)17-10-13-9-12-6-4-5-7-14(12)19-13;/h4-7,9,11,17H,3,8,10H2,1-2H3,(H,16,18);1H. The van der Waals surface area contributed by atoms with Gasteiger partial charge in [-0.2, -0.15) is 0 Å². The predicted molar refractivity (Wildman–Crippen MR) is 83.1 cm³/mol. The molecule has 0 aliphatic carbocycles. The van der Waals surface area contributed by atoms with Gasteiger partial charge in [0.05, 0.1) is 12.6 Å². The summed E-state index contributed by atoms with van der Waals surface area (Å²) < 4.78 is 5.69. The Hall–Kier alpha value is -1.52. The second-order valence-electron chi connectivity index (χ2n) is 4.64. The molecule has 5 heteroatoms. The molecular weight excluding hydrogens is 276 g/mol. The van der Waals surface area contributed by atoms with Crippen molar-refractivity contribution >= 4 is 29.3 Å². The molecule has 1 aromatic carbocycles. The van der Waals surface area contributed by atoms with Gasteiger partial charge in [-0.15, -0.1) is 12.4 Å². The lowest BCUT2D eigenvalue weighted by Crippen LogP contribution is -2.41. The highest BCUT2D eigenvalue weighted by atomic mass is 35.5. The van der Waals surface area contributed by atoms with Gasteiger partial charge in [-0.25, -0.2) is 0 Å². The van der Waals surface area contributed by atoms with E-state index in [1.54, 1.807) is 0 Å². The average Bonchev–Trinajstić information content (AvgIpc) is 2.84. The summed E-state index contributed by atoms with van der Waals surface area (Å²) in [5, 5.41) is 7.11. The molecule has 0 saturated carbocycles. The molecule has 0 saturated heterocycles. The van der Waals surface area contributed by atoms with E-state index in [-0.39, 0.29) is 24.4 Å². The minimum Gasteiger partial charge on any atom is -0.460 e. The molecule has 0 aliphatic rings. The highest BCUT2D eigenvalue weighted by molar-refractivity contribution is 5.85. The topological polar surface area (TPSA) is 54.3 Å². The molecule has 1 unspecified atom stereocenters. The summed E-state index contributed by atoms with van der Waals surface area (Å²) in [6, 6.07) is 9.66. The van der Waals surface area contributed by atoms with Crippen LogP contribution in [0.1, 0.15) is 26.0 Å². The smallest absolute Gasteiger partial charge is 0.236 e. The Morgan fingerprint density at radius 1 is 1.35 bits per heavy atom. The van der Waals surface area contributed by atoms with Crippen LogP contribution in [0.25, 0.3) is 11.0 Å². The molecule has 2 N–H and O–H groups in total. The lowest BCUT2D eigenvalue weighted by atomic mass is 10.2. The minimum absolute atomic E-state index is 0. The van der Waals surface area contributed by atoms with E-state index in [1.807, 2.05) is 44.2 Å². The van der Waals surface area contributed by atoms with E-state index in [2.05, 4.69) is 10.6 Å². The Kier molecular flexibility index (Phi) is 6.55. The number of hydrogen-bond acceptors (Lipinski definition) is 3. The van der Waals surface area contributed by atoms with Crippen LogP contribution in [-0.4, -0.2) is 18.5 Å². The van der Waals surface area contributed by atoms with Crippen LogP contribution in [0.3, 0.4) is 0 Å². The van der Waals surface area contributed by atoms with Crippen molar-refractivity contribution in [2.45, 2.75) is 32.9 Å². The molecule has 0 radical (unpaired) electrons. The molecule has 0 fully saturated rings. The SMILES string of the molecule is CCCNC(=O)C(C)NCc1cc2ccccc2o1.Cl. The second kappa shape index (κ2) is 7.92. The Labute approximate surface area is 125 Å². The first-order valence-electron chi connectivity index (χ1n) is 6.69. The maximum Gasteiger partial charge on any atom is 0.236 e. The number of rotatable bonds is 6. The van der Waals surface area contributed by atoms with Crippen LogP contribution in [0.5, 0.6) is 0 Å². The zero-order valence-corrected chi connectivity index (χ0v) is 12.6. The molecule has 1 amide bonds. The van der Waals surface area contributed by atoms with Crippen LogP contribution < -0.4 is 10.6 Å². The van der Waals surface area contributed by atoms with E-state index in [0.717, 1.165) is 29.7 Å². The first-order valence-corrected chi connectivity index (χ1v) is 6.69. The number of carbonyl (C=O) groups excluding carboxylic acids is 1. The molecule has 0 spiro atoms. The van der Waals surface area contributed by atoms with Gasteiger partial charge in [0.25, 0.3) is 0 Å². The number of carbonyl (C=O) groups is 1. The van der Waals surface area contributed by atoms with Gasteiger partial charge < -0.3 is 9.73 Å². The van der Waals surface area contributed by atoms with Crippen molar-refractivity contribution in [2.24, 2.45) is 0 Å². The van der Waals surface area contributed by atoms with Crippen molar-refractivity contribution < 1.29 is 9.21 Å². The lowest BCUT2D eigenvalue weighted by molar-refractivity contribution is -0.122. The fraction of sp³-hybridized carbons (Fsp3) is 0.400. The van der Waals surface area contributed by atoms with E-state index in [4.69, 9.17) is 4.42 Å². The molecule has 1 heterocycles. The van der Waals surface area contributed by atoms with Gasteiger partial charge >= 0.3 is 0 Å². The Balaban J connectivity index is 0.00000200. The first-order chi connectivity index (χ1) is 9.20. The summed E-state index contributed by atoms with van der Waals surface area (Å²) >= 11 is 0. The van der Waals surface area contributed by atoms with Crippen LogP contribution in [0.15, 0.2) is 34.7 Å². The zero-order valence-electron chi connectivity index (χ0n) is 11.8. The number of benzene rings is 1. The second-order valence-corrected chi connectivity index (χ2v) is 4.64. The monoisotopic (exact) mass is 296 g/mol. The van der Waals surface area contributed by atoms with E-state index in [1.165, 1.54) is 0 Å². The maximum atomic E-state index is 11.7. The highest BCUT2D eigenvalue weighted by Crippen LogP contribution is 2.18. The Morgan fingerprint density at radius 2 is 2.10 bits per heavy atom. The number of fused-ring (bicyclic) bond motifs is 1.